The van der Waals surface area contributed by atoms with E-state index < -0.39 is 45.2 Å². The van der Waals surface area contributed by atoms with Gasteiger partial charge >= 0.3 is 12.1 Å². The summed E-state index contributed by atoms with van der Waals surface area (Å²) < 4.78 is 87.7. The fourth-order valence-corrected chi connectivity index (χ4v) is 7.29. The highest BCUT2D eigenvalue weighted by molar-refractivity contribution is 7.89. The van der Waals surface area contributed by atoms with Gasteiger partial charge in [0.25, 0.3) is 0 Å². The predicted molar refractivity (Wildman–Crippen MR) is 157 cm³/mol. The smallest absolute Gasteiger partial charge is 0.475 e. The Labute approximate surface area is 263 Å². The molecule has 0 amide bonds. The molecule has 2 aliphatic rings. The van der Waals surface area contributed by atoms with E-state index in [2.05, 4.69) is 15.3 Å². The number of hydrogen-bond donors (Lipinski definition) is 4. The number of aliphatic hydroxyl groups is 1. The molecule has 2 aliphatic heterocycles. The molecule has 46 heavy (non-hydrogen) atoms. The van der Waals surface area contributed by atoms with Crippen LogP contribution in [0.15, 0.2) is 41.4 Å². The van der Waals surface area contributed by atoms with Crippen LogP contribution in [0.2, 0.25) is 0 Å². The summed E-state index contributed by atoms with van der Waals surface area (Å²) in [6, 6.07) is 6.25. The van der Waals surface area contributed by atoms with Gasteiger partial charge in [-0.05, 0) is 49.9 Å². The minimum atomic E-state index is -5.08. The summed E-state index contributed by atoms with van der Waals surface area (Å²) in [5, 5.41) is 20.2. The van der Waals surface area contributed by atoms with E-state index >= 15 is 0 Å². The number of thiazole rings is 1. The maximum Gasteiger partial charge on any atom is 0.490 e. The van der Waals surface area contributed by atoms with Gasteiger partial charge in [-0.1, -0.05) is 17.4 Å². The molecule has 0 saturated carbocycles. The third-order valence-electron chi connectivity index (χ3n) is 7.31. The number of nitrogens with zero attached hydrogens (tertiary/aromatic N) is 4. The number of nitrogens with one attached hydrogen (secondary N) is 1. The number of nitrogen functional groups attached to an aromatic ring is 1. The number of rotatable bonds is 8. The maximum absolute atomic E-state index is 14.1. The fraction of sp³-hybridized carbons (Fsp3) is 0.407. The Morgan fingerprint density at radius 1 is 1.07 bits per heavy atom. The SMILES string of the molecule is Nc1nc(NC2CCN(S(=O)(=O)c3ccc(N4CCCC4CO)nc3)CC2)sc1C(=O)c1c(F)cccc1F.O=C(O)C(F)(F)F. The van der Waals surface area contributed by atoms with Gasteiger partial charge in [-0.25, -0.2) is 32.0 Å². The molecular formula is C27H29F5N6O6S2. The first-order chi connectivity index (χ1) is 21.6. The molecule has 0 radical (unpaired) electrons. The number of nitrogens with two attached hydrogens (primary N) is 1. The first kappa shape index (κ1) is 34.9. The molecule has 4 heterocycles. The molecule has 2 saturated heterocycles. The highest BCUT2D eigenvalue weighted by Gasteiger charge is 2.38. The first-order valence-corrected chi connectivity index (χ1v) is 16.0. The molecule has 5 rings (SSSR count). The van der Waals surface area contributed by atoms with Crippen molar-refractivity contribution in [2.24, 2.45) is 0 Å². The lowest BCUT2D eigenvalue weighted by molar-refractivity contribution is -0.192. The number of aliphatic hydroxyl groups excluding tert-OH is 1. The van der Waals surface area contributed by atoms with Gasteiger partial charge in [0.2, 0.25) is 15.8 Å². The van der Waals surface area contributed by atoms with Gasteiger partial charge in [-0.2, -0.15) is 17.5 Å². The second-order valence-corrected chi connectivity index (χ2v) is 13.2. The van der Waals surface area contributed by atoms with Gasteiger partial charge in [0.1, 0.15) is 33.0 Å². The zero-order chi connectivity index (χ0) is 33.8. The third kappa shape index (κ3) is 7.88. The number of benzene rings is 1. The molecule has 3 aromatic rings. The molecule has 1 aromatic carbocycles. The number of pyridine rings is 1. The average molecular weight is 693 g/mol. The van der Waals surface area contributed by atoms with Crippen molar-refractivity contribution in [3.8, 4) is 0 Å². The standard InChI is InChI=1S/C25H28F2N6O4S2.C2HF3O2/c26-18-4-1-5-19(27)21(18)22(35)23-24(28)31-25(38-23)30-15-8-11-32(12-9-15)39(36,37)17-6-7-20(29-13-17)33-10-2-3-16(33)14-34;3-2(4,5)1(6)7/h1,4-7,13,15-16,34H,2-3,8-12,14,28H2,(H,30,31);(H,6,7). The van der Waals surface area contributed by atoms with Crippen LogP contribution in [0, 0.1) is 11.6 Å². The second kappa shape index (κ2) is 14.2. The van der Waals surface area contributed by atoms with Crippen LogP contribution >= 0.6 is 11.3 Å². The number of hydrogen-bond acceptors (Lipinski definition) is 11. The largest absolute Gasteiger partial charge is 0.490 e. The molecule has 19 heteroatoms. The number of sulfonamides is 1. The Bertz CT molecular complexity index is 1640. The zero-order valence-electron chi connectivity index (χ0n) is 23.9. The summed E-state index contributed by atoms with van der Waals surface area (Å²) >= 11 is 0.900. The summed E-state index contributed by atoms with van der Waals surface area (Å²) in [5.74, 6) is -5.09. The highest BCUT2D eigenvalue weighted by atomic mass is 32.2. The summed E-state index contributed by atoms with van der Waals surface area (Å²) in [7, 11) is -3.74. The number of alkyl halides is 3. The van der Waals surface area contributed by atoms with Gasteiger partial charge in [-0.15, -0.1) is 0 Å². The van der Waals surface area contributed by atoms with Crippen LogP contribution < -0.4 is 16.0 Å². The summed E-state index contributed by atoms with van der Waals surface area (Å²) in [6.45, 7) is 1.31. The summed E-state index contributed by atoms with van der Waals surface area (Å²) in [6.07, 6.45) is -0.957. The molecular weight excluding hydrogens is 663 g/mol. The van der Waals surface area contributed by atoms with Crippen LogP contribution in [-0.2, 0) is 14.8 Å². The van der Waals surface area contributed by atoms with E-state index in [-0.39, 0.29) is 47.4 Å². The molecule has 2 aromatic heterocycles. The van der Waals surface area contributed by atoms with E-state index in [0.717, 1.165) is 42.9 Å². The van der Waals surface area contributed by atoms with Crippen LogP contribution in [0.3, 0.4) is 0 Å². The molecule has 5 N–H and O–H groups in total. The van der Waals surface area contributed by atoms with Crippen molar-refractivity contribution in [2.75, 3.05) is 42.2 Å². The molecule has 2 fully saturated rings. The molecule has 12 nitrogen and oxygen atoms in total. The normalized spacial score (nSPS) is 17.8. The summed E-state index contributed by atoms with van der Waals surface area (Å²) in [5.41, 5.74) is 5.19. The Kier molecular flexibility index (Phi) is 10.8. The number of carboxylic acid groups (broad SMARTS) is 1. The number of ketones is 1. The van der Waals surface area contributed by atoms with Gasteiger partial charge in [0.15, 0.2) is 5.13 Å². The van der Waals surface area contributed by atoms with E-state index in [1.807, 2.05) is 4.90 Å². The van der Waals surface area contributed by atoms with Crippen molar-refractivity contribution in [1.29, 1.82) is 0 Å². The molecule has 0 spiro atoms. The quantitative estimate of drug-likeness (QED) is 0.201. The molecule has 1 unspecified atom stereocenters. The molecule has 250 valence electrons. The number of carboxylic acids is 1. The van der Waals surface area contributed by atoms with E-state index in [0.29, 0.717) is 23.8 Å². The molecule has 1 atom stereocenters. The zero-order valence-corrected chi connectivity index (χ0v) is 25.5. The van der Waals surface area contributed by atoms with E-state index in [4.69, 9.17) is 15.6 Å². The van der Waals surface area contributed by atoms with Crippen molar-refractivity contribution >= 4 is 49.9 Å². The lowest BCUT2D eigenvalue weighted by Crippen LogP contribution is -2.42. The molecule has 0 bridgehead atoms. The molecule has 0 aliphatic carbocycles. The van der Waals surface area contributed by atoms with Crippen LogP contribution in [0.5, 0.6) is 0 Å². The number of anilines is 3. The Hall–Kier alpha value is -3.94. The maximum atomic E-state index is 14.1. The van der Waals surface area contributed by atoms with Crippen molar-refractivity contribution in [1.82, 2.24) is 14.3 Å². The number of aromatic nitrogens is 2. The minimum absolute atomic E-state index is 0.00505. The lowest BCUT2D eigenvalue weighted by Gasteiger charge is -2.31. The van der Waals surface area contributed by atoms with E-state index in [1.54, 1.807) is 12.1 Å². The van der Waals surface area contributed by atoms with Gasteiger partial charge in [0.05, 0.1) is 18.2 Å². The van der Waals surface area contributed by atoms with E-state index in [1.165, 1.54) is 16.6 Å². The van der Waals surface area contributed by atoms with Crippen LogP contribution in [0.4, 0.5) is 38.7 Å². The number of carbonyl (C=O) groups excluding carboxylic acids is 1. The topological polar surface area (TPSA) is 179 Å². The van der Waals surface area contributed by atoms with Crippen LogP contribution in [0.25, 0.3) is 0 Å². The number of halogens is 5. The Morgan fingerprint density at radius 2 is 1.70 bits per heavy atom. The number of carbonyl (C=O) groups is 2. The highest BCUT2D eigenvalue weighted by Crippen LogP contribution is 2.31. The number of aliphatic carboxylic acids is 1. The van der Waals surface area contributed by atoms with Gasteiger partial charge in [-0.3, -0.25) is 4.79 Å². The van der Waals surface area contributed by atoms with Crippen molar-refractivity contribution < 1.29 is 50.2 Å². The van der Waals surface area contributed by atoms with Crippen molar-refractivity contribution in [3.63, 3.8) is 0 Å². The number of piperidine rings is 1. The Morgan fingerprint density at radius 3 is 2.24 bits per heavy atom. The minimum Gasteiger partial charge on any atom is -0.475 e. The van der Waals surface area contributed by atoms with E-state index in [9.17, 15) is 40.3 Å². The predicted octanol–water partition coefficient (Wildman–Crippen LogP) is 3.49. The second-order valence-electron chi connectivity index (χ2n) is 10.3. The Balaban J connectivity index is 0.000000617. The summed E-state index contributed by atoms with van der Waals surface area (Å²) in [4.78, 5) is 32.1. The first-order valence-electron chi connectivity index (χ1n) is 13.8. The van der Waals surface area contributed by atoms with Gasteiger partial charge < -0.3 is 26.2 Å². The lowest BCUT2D eigenvalue weighted by atomic mass is 10.1. The fourth-order valence-electron chi connectivity index (χ4n) is 4.97. The van der Waals surface area contributed by atoms with Crippen LogP contribution in [-0.4, -0.2) is 89.2 Å². The average Bonchev–Trinajstić information content (AvgIpc) is 3.63. The third-order valence-corrected chi connectivity index (χ3v) is 10.2. The van der Waals surface area contributed by atoms with Crippen molar-refractivity contribution in [2.45, 2.75) is 48.8 Å². The van der Waals surface area contributed by atoms with Gasteiger partial charge in [0, 0.05) is 31.9 Å². The monoisotopic (exact) mass is 692 g/mol. The van der Waals surface area contributed by atoms with Crippen LogP contribution in [0.1, 0.15) is 40.9 Å². The van der Waals surface area contributed by atoms with Crippen molar-refractivity contribution in [3.05, 3.63) is 58.6 Å².